The number of piperazine rings is 1. The molecule has 0 saturated carbocycles. The Hall–Kier alpha value is -2.63. The Bertz CT molecular complexity index is 663. The number of amides is 1. The topological polar surface area (TPSA) is 58.6 Å². The molecule has 2 heterocycles. The first-order valence-electron chi connectivity index (χ1n) is 7.69. The lowest BCUT2D eigenvalue weighted by Gasteiger charge is -2.35. The van der Waals surface area contributed by atoms with Gasteiger partial charge in [0, 0.05) is 32.0 Å². The Morgan fingerprint density at radius 3 is 2.65 bits per heavy atom. The van der Waals surface area contributed by atoms with Gasteiger partial charge in [0.25, 0.3) is 5.88 Å². The monoisotopic (exact) mass is 312 g/mol. The van der Waals surface area contributed by atoms with Crippen molar-refractivity contribution < 1.29 is 9.53 Å². The van der Waals surface area contributed by atoms with E-state index in [0.29, 0.717) is 24.8 Å². The van der Waals surface area contributed by atoms with E-state index in [1.54, 1.807) is 19.5 Å². The van der Waals surface area contributed by atoms with Crippen molar-refractivity contribution in [3.8, 4) is 5.88 Å². The molecule has 1 saturated heterocycles. The molecule has 1 aromatic heterocycles. The SMILES string of the molecule is COc1nccnc1N1CCN(CCc2ccccc2)C(=O)C1. The van der Waals surface area contributed by atoms with Gasteiger partial charge in [0.2, 0.25) is 5.91 Å². The van der Waals surface area contributed by atoms with E-state index in [2.05, 4.69) is 22.1 Å². The minimum atomic E-state index is 0.111. The number of aromatic nitrogens is 2. The molecule has 0 atom stereocenters. The lowest BCUT2D eigenvalue weighted by Crippen LogP contribution is -2.51. The van der Waals surface area contributed by atoms with E-state index in [4.69, 9.17) is 4.74 Å². The Labute approximate surface area is 135 Å². The van der Waals surface area contributed by atoms with Crippen LogP contribution in [-0.4, -0.2) is 54.1 Å². The fourth-order valence-electron chi connectivity index (χ4n) is 2.71. The normalized spacial score (nSPS) is 14.9. The predicted molar refractivity (Wildman–Crippen MR) is 87.5 cm³/mol. The Balaban J connectivity index is 1.60. The summed E-state index contributed by atoms with van der Waals surface area (Å²) in [6, 6.07) is 10.2. The Kier molecular flexibility index (Phi) is 4.71. The maximum Gasteiger partial charge on any atom is 0.257 e. The molecule has 0 aliphatic carbocycles. The molecular weight excluding hydrogens is 292 g/mol. The van der Waals surface area contributed by atoms with E-state index in [1.807, 2.05) is 28.0 Å². The van der Waals surface area contributed by atoms with Crippen molar-refractivity contribution in [2.24, 2.45) is 0 Å². The fourth-order valence-corrected chi connectivity index (χ4v) is 2.71. The molecule has 3 rings (SSSR count). The van der Waals surface area contributed by atoms with Crippen LogP contribution in [0.3, 0.4) is 0 Å². The summed E-state index contributed by atoms with van der Waals surface area (Å²) >= 11 is 0. The third-order valence-corrected chi connectivity index (χ3v) is 3.97. The van der Waals surface area contributed by atoms with Gasteiger partial charge in [0.05, 0.1) is 13.7 Å². The van der Waals surface area contributed by atoms with Gasteiger partial charge in [-0.2, -0.15) is 0 Å². The highest BCUT2D eigenvalue weighted by Crippen LogP contribution is 2.23. The van der Waals surface area contributed by atoms with Crippen LogP contribution >= 0.6 is 0 Å². The van der Waals surface area contributed by atoms with E-state index in [-0.39, 0.29) is 5.91 Å². The van der Waals surface area contributed by atoms with Gasteiger partial charge in [-0.05, 0) is 12.0 Å². The standard InChI is InChI=1S/C17H20N4O2/c1-23-17-16(18-8-9-19-17)21-12-11-20(15(22)13-21)10-7-14-5-3-2-4-6-14/h2-6,8-9H,7,10-13H2,1H3. The van der Waals surface area contributed by atoms with Crippen LogP contribution in [0.5, 0.6) is 5.88 Å². The van der Waals surface area contributed by atoms with Crippen LogP contribution in [0.2, 0.25) is 0 Å². The van der Waals surface area contributed by atoms with Gasteiger partial charge in [-0.15, -0.1) is 0 Å². The zero-order valence-electron chi connectivity index (χ0n) is 13.2. The molecule has 1 aliphatic rings. The number of anilines is 1. The number of nitrogens with zero attached hydrogens (tertiary/aromatic N) is 4. The summed E-state index contributed by atoms with van der Waals surface area (Å²) in [4.78, 5) is 24.7. The summed E-state index contributed by atoms with van der Waals surface area (Å²) in [5.74, 6) is 1.20. The summed E-state index contributed by atoms with van der Waals surface area (Å²) in [6.45, 7) is 2.47. The van der Waals surface area contributed by atoms with Crippen LogP contribution in [0, 0.1) is 0 Å². The molecule has 0 N–H and O–H groups in total. The van der Waals surface area contributed by atoms with Gasteiger partial charge in [-0.1, -0.05) is 30.3 Å². The summed E-state index contributed by atoms with van der Waals surface area (Å²) in [5, 5.41) is 0. The highest BCUT2D eigenvalue weighted by atomic mass is 16.5. The fraction of sp³-hybridized carbons (Fsp3) is 0.353. The van der Waals surface area contributed by atoms with Gasteiger partial charge in [0.1, 0.15) is 0 Å². The first kappa shape index (κ1) is 15.3. The third kappa shape index (κ3) is 3.59. The van der Waals surface area contributed by atoms with E-state index in [9.17, 15) is 4.79 Å². The van der Waals surface area contributed by atoms with Gasteiger partial charge >= 0.3 is 0 Å². The quantitative estimate of drug-likeness (QED) is 0.835. The number of methoxy groups -OCH3 is 1. The molecule has 1 fully saturated rings. The molecule has 1 aliphatic heterocycles. The molecule has 1 aromatic carbocycles. The van der Waals surface area contributed by atoms with Crippen LogP contribution in [0.25, 0.3) is 0 Å². The lowest BCUT2D eigenvalue weighted by molar-refractivity contribution is -0.130. The van der Waals surface area contributed by atoms with Gasteiger partial charge in [-0.25, -0.2) is 9.97 Å². The summed E-state index contributed by atoms with van der Waals surface area (Å²) < 4.78 is 5.23. The zero-order chi connectivity index (χ0) is 16.1. The lowest BCUT2D eigenvalue weighted by atomic mass is 10.1. The van der Waals surface area contributed by atoms with E-state index >= 15 is 0 Å². The molecule has 0 unspecified atom stereocenters. The van der Waals surface area contributed by atoms with Crippen molar-refractivity contribution >= 4 is 11.7 Å². The van der Waals surface area contributed by atoms with E-state index in [0.717, 1.165) is 19.5 Å². The first-order valence-corrected chi connectivity index (χ1v) is 7.69. The highest BCUT2D eigenvalue weighted by Gasteiger charge is 2.26. The molecule has 1 amide bonds. The molecule has 0 spiro atoms. The number of carbonyl (C=O) groups excluding carboxylic acids is 1. The van der Waals surface area contributed by atoms with Crippen molar-refractivity contribution in [3.05, 3.63) is 48.3 Å². The van der Waals surface area contributed by atoms with Gasteiger partial charge < -0.3 is 14.5 Å². The average Bonchev–Trinajstić information content (AvgIpc) is 2.61. The molecule has 6 nitrogen and oxygen atoms in total. The molecule has 0 bridgehead atoms. The number of benzene rings is 1. The first-order chi connectivity index (χ1) is 11.3. The molecule has 6 heteroatoms. The van der Waals surface area contributed by atoms with Crippen LogP contribution in [-0.2, 0) is 11.2 Å². The second kappa shape index (κ2) is 7.09. The third-order valence-electron chi connectivity index (χ3n) is 3.97. The molecular formula is C17H20N4O2. The van der Waals surface area contributed by atoms with Crippen molar-refractivity contribution in [2.45, 2.75) is 6.42 Å². The summed E-state index contributed by atoms with van der Waals surface area (Å²) in [7, 11) is 1.56. The number of ether oxygens (including phenoxy) is 1. The van der Waals surface area contributed by atoms with Crippen LogP contribution in [0.15, 0.2) is 42.7 Å². The molecule has 2 aromatic rings. The largest absolute Gasteiger partial charge is 0.478 e. The maximum absolute atomic E-state index is 12.4. The number of rotatable bonds is 5. The van der Waals surface area contributed by atoms with Crippen LogP contribution in [0.1, 0.15) is 5.56 Å². The summed E-state index contributed by atoms with van der Waals surface area (Å²) in [5.41, 5.74) is 1.25. The number of hydrogen-bond donors (Lipinski definition) is 0. The molecule has 120 valence electrons. The number of carbonyl (C=O) groups is 1. The Morgan fingerprint density at radius 1 is 1.13 bits per heavy atom. The van der Waals surface area contributed by atoms with Crippen molar-refractivity contribution in [1.29, 1.82) is 0 Å². The Morgan fingerprint density at radius 2 is 1.91 bits per heavy atom. The van der Waals surface area contributed by atoms with Crippen molar-refractivity contribution in [1.82, 2.24) is 14.9 Å². The smallest absolute Gasteiger partial charge is 0.257 e. The van der Waals surface area contributed by atoms with E-state index in [1.165, 1.54) is 5.56 Å². The number of hydrogen-bond acceptors (Lipinski definition) is 5. The van der Waals surface area contributed by atoms with Gasteiger partial charge in [-0.3, -0.25) is 4.79 Å². The average molecular weight is 312 g/mol. The second-order valence-electron chi connectivity index (χ2n) is 5.43. The highest BCUT2D eigenvalue weighted by molar-refractivity contribution is 5.82. The van der Waals surface area contributed by atoms with Gasteiger partial charge in [0.15, 0.2) is 5.82 Å². The minimum Gasteiger partial charge on any atom is -0.478 e. The zero-order valence-corrected chi connectivity index (χ0v) is 13.2. The molecule has 0 radical (unpaired) electrons. The predicted octanol–water partition coefficient (Wildman–Crippen LogP) is 1.38. The van der Waals surface area contributed by atoms with Crippen molar-refractivity contribution in [3.63, 3.8) is 0 Å². The second-order valence-corrected chi connectivity index (χ2v) is 5.43. The van der Waals surface area contributed by atoms with Crippen LogP contribution < -0.4 is 9.64 Å². The maximum atomic E-state index is 12.4. The van der Waals surface area contributed by atoms with E-state index < -0.39 is 0 Å². The molecule has 23 heavy (non-hydrogen) atoms. The minimum absolute atomic E-state index is 0.111. The van der Waals surface area contributed by atoms with Crippen LogP contribution in [0.4, 0.5) is 5.82 Å². The summed E-state index contributed by atoms with van der Waals surface area (Å²) in [6.07, 6.45) is 4.07. The van der Waals surface area contributed by atoms with Crippen molar-refractivity contribution in [2.75, 3.05) is 38.2 Å².